The van der Waals surface area contributed by atoms with Gasteiger partial charge in [-0.05, 0) is 40.4 Å². The highest BCUT2D eigenvalue weighted by atomic mass is 32.1. The summed E-state index contributed by atoms with van der Waals surface area (Å²) in [6.07, 6.45) is 1.83. The molecule has 0 saturated heterocycles. The van der Waals surface area contributed by atoms with Crippen molar-refractivity contribution in [3.63, 3.8) is 0 Å². The van der Waals surface area contributed by atoms with Crippen molar-refractivity contribution in [2.24, 2.45) is 0 Å². The predicted octanol–water partition coefficient (Wildman–Crippen LogP) is 10.5. The van der Waals surface area contributed by atoms with Crippen molar-refractivity contribution in [2.75, 3.05) is 0 Å². The maximum Gasteiger partial charge on any atom is 0.235 e. The molecule has 10 aromatic rings. The molecule has 0 amide bonds. The van der Waals surface area contributed by atoms with Crippen molar-refractivity contribution in [3.05, 3.63) is 134 Å². The first-order valence-corrected chi connectivity index (χ1v) is 15.5. The molecule has 0 bridgehead atoms. The van der Waals surface area contributed by atoms with Crippen molar-refractivity contribution in [1.82, 2.24) is 19.5 Å². The monoisotopic (exact) mass is 578 g/mol. The lowest BCUT2D eigenvalue weighted by molar-refractivity contribution is 1.01. The molecule has 0 radical (unpaired) electrons. The van der Waals surface area contributed by atoms with Gasteiger partial charge in [-0.15, -0.1) is 11.3 Å². The van der Waals surface area contributed by atoms with E-state index in [4.69, 9.17) is 15.0 Å². The Balaban J connectivity index is 1.44. The van der Waals surface area contributed by atoms with Gasteiger partial charge in [-0.2, -0.15) is 0 Å². The zero-order valence-corrected chi connectivity index (χ0v) is 24.2. The molecular weight excluding hydrogens is 557 g/mol. The van der Waals surface area contributed by atoms with E-state index in [1.807, 2.05) is 29.7 Å². The fourth-order valence-electron chi connectivity index (χ4n) is 7.00. The third kappa shape index (κ3) is 3.19. The Labute approximate surface area is 255 Å². The molecule has 44 heavy (non-hydrogen) atoms. The molecule has 0 aliphatic carbocycles. The highest BCUT2D eigenvalue weighted by Gasteiger charge is 2.24. The summed E-state index contributed by atoms with van der Waals surface area (Å²) in [4.78, 5) is 15.4. The summed E-state index contributed by atoms with van der Waals surface area (Å²) in [6.45, 7) is 0. The highest BCUT2D eigenvalue weighted by Crippen LogP contribution is 2.47. The average Bonchev–Trinajstić information content (AvgIpc) is 3.64. The molecule has 4 aromatic heterocycles. The molecule has 10 rings (SSSR count). The quantitative estimate of drug-likeness (QED) is 0.205. The second-order valence-electron chi connectivity index (χ2n) is 11.2. The molecule has 0 fully saturated rings. The Morgan fingerprint density at radius 2 is 1.27 bits per heavy atom. The van der Waals surface area contributed by atoms with Crippen LogP contribution in [-0.2, 0) is 0 Å². The summed E-state index contributed by atoms with van der Waals surface area (Å²) in [6, 6.07) is 45.1. The van der Waals surface area contributed by atoms with Gasteiger partial charge in [0.05, 0.1) is 16.6 Å². The fourth-order valence-corrected chi connectivity index (χ4v) is 8.24. The lowest BCUT2D eigenvalue weighted by Gasteiger charge is -2.13. The summed E-state index contributed by atoms with van der Waals surface area (Å²) in [7, 11) is 0. The number of thiophene rings is 1. The topological polar surface area (TPSA) is 43.6 Å². The van der Waals surface area contributed by atoms with E-state index in [0.29, 0.717) is 5.95 Å². The summed E-state index contributed by atoms with van der Waals surface area (Å²) in [5, 5.41) is 9.76. The second kappa shape index (κ2) is 8.93. The van der Waals surface area contributed by atoms with Crippen LogP contribution in [0.3, 0.4) is 0 Å². The third-order valence-corrected chi connectivity index (χ3v) is 10.0. The zero-order valence-electron chi connectivity index (χ0n) is 23.4. The summed E-state index contributed by atoms with van der Waals surface area (Å²) in [5.74, 6) is 0.645. The minimum Gasteiger partial charge on any atom is -0.277 e. The average molecular weight is 579 g/mol. The molecular formula is C39H22N4S. The maximum atomic E-state index is 5.41. The first kappa shape index (κ1) is 23.9. The second-order valence-corrected chi connectivity index (χ2v) is 12.2. The predicted molar refractivity (Wildman–Crippen MR) is 185 cm³/mol. The number of rotatable bonds is 2. The molecule has 204 valence electrons. The number of fused-ring (bicyclic) bond motifs is 12. The Morgan fingerprint density at radius 3 is 2.18 bits per heavy atom. The van der Waals surface area contributed by atoms with Crippen molar-refractivity contribution < 1.29 is 0 Å². The van der Waals surface area contributed by atoms with E-state index in [1.54, 1.807) is 0 Å². The summed E-state index contributed by atoms with van der Waals surface area (Å²) < 4.78 is 4.85. The minimum absolute atomic E-state index is 0.645. The molecule has 4 nitrogen and oxygen atoms in total. The van der Waals surface area contributed by atoms with Gasteiger partial charge in [0.25, 0.3) is 0 Å². The molecule has 0 aliphatic rings. The number of pyridine rings is 1. The number of aromatic nitrogens is 4. The van der Waals surface area contributed by atoms with Gasteiger partial charge in [0.2, 0.25) is 5.95 Å². The standard InChI is InChI=1S/C39H22N4S/c1-2-13-24-23(11-1)12-9-18-26(24)35-36-30(19-10-22-40-36)41-39(42-35)43-31-20-7-5-16-28(31)33-25-14-3-4-15-27(25)38-34(37(33)43)29-17-6-8-21-32(29)44-38/h1-22H. The normalized spacial score (nSPS) is 12.1. The third-order valence-electron chi connectivity index (χ3n) is 8.84. The van der Waals surface area contributed by atoms with Crippen LogP contribution in [0.1, 0.15) is 0 Å². The molecule has 6 aromatic carbocycles. The van der Waals surface area contributed by atoms with E-state index in [9.17, 15) is 0 Å². The maximum absolute atomic E-state index is 5.41. The molecule has 0 spiro atoms. The molecule has 0 aliphatic heterocycles. The van der Waals surface area contributed by atoms with Crippen LogP contribution in [0, 0.1) is 0 Å². The number of hydrogen-bond acceptors (Lipinski definition) is 4. The lowest BCUT2D eigenvalue weighted by Crippen LogP contribution is -2.04. The van der Waals surface area contributed by atoms with Crippen molar-refractivity contribution in [3.8, 4) is 17.2 Å². The highest BCUT2D eigenvalue weighted by molar-refractivity contribution is 7.27. The Bertz CT molecular complexity index is 2780. The van der Waals surface area contributed by atoms with Gasteiger partial charge in [-0.1, -0.05) is 103 Å². The first-order chi connectivity index (χ1) is 21.8. The van der Waals surface area contributed by atoms with Gasteiger partial charge < -0.3 is 0 Å². The van der Waals surface area contributed by atoms with Crippen LogP contribution in [-0.4, -0.2) is 19.5 Å². The Hall–Kier alpha value is -5.65. The number of nitrogens with zero attached hydrogens (tertiary/aromatic N) is 4. The van der Waals surface area contributed by atoms with Gasteiger partial charge in [0.15, 0.2) is 0 Å². The Morgan fingerprint density at radius 1 is 0.545 bits per heavy atom. The van der Waals surface area contributed by atoms with Crippen LogP contribution in [0.4, 0.5) is 0 Å². The number of benzene rings is 6. The molecule has 4 heterocycles. The summed E-state index contributed by atoms with van der Waals surface area (Å²) in [5.41, 5.74) is 5.73. The zero-order chi connectivity index (χ0) is 28.8. The van der Waals surface area contributed by atoms with E-state index in [2.05, 4.69) is 120 Å². The Kier molecular flexibility index (Phi) is 4.84. The van der Waals surface area contributed by atoms with Crippen molar-refractivity contribution >= 4 is 85.9 Å². The summed E-state index contributed by atoms with van der Waals surface area (Å²) >= 11 is 1.86. The van der Waals surface area contributed by atoms with Crippen LogP contribution in [0.15, 0.2) is 134 Å². The number of hydrogen-bond donors (Lipinski definition) is 0. The van der Waals surface area contributed by atoms with Gasteiger partial charge >= 0.3 is 0 Å². The molecule has 0 unspecified atom stereocenters. The molecule has 0 N–H and O–H groups in total. The van der Waals surface area contributed by atoms with E-state index >= 15 is 0 Å². The fraction of sp³-hybridized carbons (Fsp3) is 0. The van der Waals surface area contributed by atoms with Crippen molar-refractivity contribution in [2.45, 2.75) is 0 Å². The SMILES string of the molecule is c1ccc2c(-c3nc(-n4c5ccccc5c5c6ccccc6c6sc7ccccc7c6c54)nc4cccnc34)cccc2c1. The molecule has 0 atom stereocenters. The van der Waals surface area contributed by atoms with Gasteiger partial charge in [0.1, 0.15) is 11.2 Å². The molecule has 0 saturated carbocycles. The van der Waals surface area contributed by atoms with E-state index < -0.39 is 0 Å². The number of para-hydroxylation sites is 1. The van der Waals surface area contributed by atoms with Crippen LogP contribution < -0.4 is 0 Å². The lowest BCUT2D eigenvalue weighted by atomic mass is 10.00. The first-order valence-electron chi connectivity index (χ1n) is 14.7. The minimum atomic E-state index is 0.645. The largest absolute Gasteiger partial charge is 0.277 e. The van der Waals surface area contributed by atoms with Crippen LogP contribution in [0.2, 0.25) is 0 Å². The smallest absolute Gasteiger partial charge is 0.235 e. The van der Waals surface area contributed by atoms with Crippen LogP contribution in [0.25, 0.3) is 91.8 Å². The van der Waals surface area contributed by atoms with Gasteiger partial charge in [0, 0.05) is 48.1 Å². The van der Waals surface area contributed by atoms with E-state index in [-0.39, 0.29) is 0 Å². The van der Waals surface area contributed by atoms with Crippen LogP contribution in [0.5, 0.6) is 0 Å². The van der Waals surface area contributed by atoms with Gasteiger partial charge in [-0.3, -0.25) is 9.55 Å². The van der Waals surface area contributed by atoms with Crippen LogP contribution >= 0.6 is 11.3 Å². The van der Waals surface area contributed by atoms with E-state index in [0.717, 1.165) is 38.7 Å². The van der Waals surface area contributed by atoms with Gasteiger partial charge in [-0.25, -0.2) is 9.97 Å². The van der Waals surface area contributed by atoms with E-state index in [1.165, 1.54) is 47.1 Å². The molecule has 5 heteroatoms. The van der Waals surface area contributed by atoms with Crippen molar-refractivity contribution in [1.29, 1.82) is 0 Å².